The number of hydrogen-bond donors (Lipinski definition) is 0. The molecule has 1 aliphatic rings. The highest BCUT2D eigenvalue weighted by Crippen LogP contribution is 2.12. The van der Waals surface area contributed by atoms with Crippen molar-refractivity contribution >= 4 is 26.3 Å². The molecule has 0 fully saturated rings. The van der Waals surface area contributed by atoms with Crippen LogP contribution in [0.3, 0.4) is 0 Å². The van der Waals surface area contributed by atoms with Gasteiger partial charge in [0.05, 0.1) is 0 Å². The molecule has 3 heteroatoms. The van der Waals surface area contributed by atoms with E-state index < -0.39 is 0 Å². The van der Waals surface area contributed by atoms with Crippen molar-refractivity contribution in [1.29, 1.82) is 0 Å². The van der Waals surface area contributed by atoms with Gasteiger partial charge in [-0.1, -0.05) is 0 Å². The predicted octanol–water partition coefficient (Wildman–Crippen LogP) is 1.70. The molecule has 0 amide bonds. The van der Waals surface area contributed by atoms with Gasteiger partial charge in [0.15, 0.2) is 5.78 Å². The number of aliphatic imine (C=N–C) groups is 1. The Labute approximate surface area is 68.2 Å². The Morgan fingerprint density at radius 1 is 1.70 bits per heavy atom. The van der Waals surface area contributed by atoms with Crippen molar-refractivity contribution < 1.29 is 4.79 Å². The lowest BCUT2D eigenvalue weighted by Crippen LogP contribution is -2.20. The Hall–Kier alpha value is -0.440. The largest absolute Gasteiger partial charge is 0.292 e. The van der Waals surface area contributed by atoms with E-state index in [9.17, 15) is 4.79 Å². The first-order chi connectivity index (χ1) is 4.61. The van der Waals surface area contributed by atoms with E-state index in [2.05, 4.69) is 20.9 Å². The number of halogens is 1. The Bertz CT molecular complexity index is 230. The molecule has 0 aliphatic carbocycles. The summed E-state index contributed by atoms with van der Waals surface area (Å²) in [5.41, 5.74) is 0.773. The maximum atomic E-state index is 11.1. The minimum atomic E-state index is -0.209. The molecule has 1 unspecified atom stereocenters. The van der Waals surface area contributed by atoms with Crippen molar-refractivity contribution in [3.05, 3.63) is 11.6 Å². The van der Waals surface area contributed by atoms with Crippen molar-refractivity contribution in [2.75, 3.05) is 0 Å². The van der Waals surface area contributed by atoms with E-state index in [0.717, 1.165) is 10.2 Å². The normalized spacial score (nSPS) is 25.9. The number of allylic oxidation sites excluding steroid dienone is 1. The fourth-order valence-corrected chi connectivity index (χ4v) is 1.51. The molecule has 1 atom stereocenters. The van der Waals surface area contributed by atoms with Crippen LogP contribution >= 0.6 is 15.9 Å². The van der Waals surface area contributed by atoms with Gasteiger partial charge in [-0.15, -0.1) is 0 Å². The third-order valence-corrected chi connectivity index (χ3v) is 1.85. The summed E-state index contributed by atoms with van der Waals surface area (Å²) < 4.78 is 0.761. The summed E-state index contributed by atoms with van der Waals surface area (Å²) in [6, 6.07) is -0.209. The molecule has 0 aromatic rings. The molecule has 0 radical (unpaired) electrons. The van der Waals surface area contributed by atoms with Crippen LogP contribution in [0.2, 0.25) is 0 Å². The van der Waals surface area contributed by atoms with E-state index in [1.807, 2.05) is 0 Å². The number of ketones is 1. The third kappa shape index (κ3) is 1.34. The second-order valence-electron chi connectivity index (χ2n) is 2.32. The zero-order valence-electron chi connectivity index (χ0n) is 5.89. The summed E-state index contributed by atoms with van der Waals surface area (Å²) in [4.78, 5) is 15.1. The molecule has 54 valence electrons. The molecular formula is C7H8BrNO. The van der Waals surface area contributed by atoms with Gasteiger partial charge in [-0.3, -0.25) is 9.79 Å². The van der Waals surface area contributed by atoms with Crippen LogP contribution in [0.4, 0.5) is 0 Å². The molecule has 0 aromatic carbocycles. The van der Waals surface area contributed by atoms with E-state index in [4.69, 9.17) is 0 Å². The SMILES string of the molecule is CC1=CC(Br)=NC(C)C1=O. The summed E-state index contributed by atoms with van der Waals surface area (Å²) in [6.45, 7) is 3.59. The zero-order chi connectivity index (χ0) is 7.72. The lowest BCUT2D eigenvalue weighted by Gasteiger charge is -2.10. The molecule has 0 saturated heterocycles. The number of dihydropyridines is 1. The molecule has 0 saturated carbocycles. The van der Waals surface area contributed by atoms with Crippen LogP contribution in [-0.4, -0.2) is 16.4 Å². The summed E-state index contributed by atoms with van der Waals surface area (Å²) in [5, 5.41) is 0. The lowest BCUT2D eigenvalue weighted by atomic mass is 10.1. The molecule has 1 heterocycles. The second-order valence-corrected chi connectivity index (χ2v) is 3.13. The van der Waals surface area contributed by atoms with E-state index in [1.165, 1.54) is 0 Å². The molecule has 1 aliphatic heterocycles. The lowest BCUT2D eigenvalue weighted by molar-refractivity contribution is -0.116. The average molecular weight is 202 g/mol. The minimum absolute atomic E-state index is 0.114. The Morgan fingerprint density at radius 3 is 2.80 bits per heavy atom. The van der Waals surface area contributed by atoms with E-state index in [1.54, 1.807) is 19.9 Å². The van der Waals surface area contributed by atoms with Gasteiger partial charge in [-0.05, 0) is 41.4 Å². The maximum absolute atomic E-state index is 11.1. The first-order valence-corrected chi connectivity index (χ1v) is 3.86. The smallest absolute Gasteiger partial charge is 0.182 e. The Kier molecular flexibility index (Phi) is 2.04. The number of carbonyl (C=O) groups is 1. The maximum Gasteiger partial charge on any atom is 0.182 e. The van der Waals surface area contributed by atoms with Crippen LogP contribution < -0.4 is 0 Å². The number of Topliss-reactive ketones (excluding diaryl/α,β-unsaturated/α-hetero) is 1. The van der Waals surface area contributed by atoms with Gasteiger partial charge in [0.1, 0.15) is 10.7 Å². The molecule has 1 rings (SSSR count). The fourth-order valence-electron chi connectivity index (χ4n) is 0.860. The monoisotopic (exact) mass is 201 g/mol. The highest BCUT2D eigenvalue weighted by molar-refractivity contribution is 9.18. The summed E-state index contributed by atoms with van der Waals surface area (Å²) in [7, 11) is 0. The van der Waals surface area contributed by atoms with Gasteiger partial charge in [0.2, 0.25) is 0 Å². The average Bonchev–Trinajstić information content (AvgIpc) is 1.82. The van der Waals surface area contributed by atoms with Crippen molar-refractivity contribution in [1.82, 2.24) is 0 Å². The van der Waals surface area contributed by atoms with Gasteiger partial charge in [-0.25, -0.2) is 0 Å². The van der Waals surface area contributed by atoms with Crippen LogP contribution in [0.25, 0.3) is 0 Å². The van der Waals surface area contributed by atoms with Crippen molar-refractivity contribution in [3.8, 4) is 0 Å². The van der Waals surface area contributed by atoms with Crippen LogP contribution in [-0.2, 0) is 4.79 Å². The first-order valence-electron chi connectivity index (χ1n) is 3.07. The molecule has 0 spiro atoms. The van der Waals surface area contributed by atoms with E-state index in [-0.39, 0.29) is 11.8 Å². The highest BCUT2D eigenvalue weighted by atomic mass is 79.9. The van der Waals surface area contributed by atoms with Gasteiger partial charge in [0.25, 0.3) is 0 Å². The van der Waals surface area contributed by atoms with Gasteiger partial charge < -0.3 is 0 Å². The van der Waals surface area contributed by atoms with E-state index in [0.29, 0.717) is 0 Å². The number of carbonyl (C=O) groups excluding carboxylic acids is 1. The molecule has 10 heavy (non-hydrogen) atoms. The Balaban J connectivity index is 2.95. The first kappa shape index (κ1) is 7.66. The van der Waals surface area contributed by atoms with Crippen molar-refractivity contribution in [2.24, 2.45) is 4.99 Å². The molecule has 2 nitrogen and oxygen atoms in total. The number of hydrogen-bond acceptors (Lipinski definition) is 2. The van der Waals surface area contributed by atoms with Gasteiger partial charge in [-0.2, -0.15) is 0 Å². The second kappa shape index (κ2) is 2.66. The predicted molar refractivity (Wildman–Crippen MR) is 44.6 cm³/mol. The highest BCUT2D eigenvalue weighted by Gasteiger charge is 2.17. The molecule has 0 N–H and O–H groups in total. The topological polar surface area (TPSA) is 29.4 Å². The van der Waals surface area contributed by atoms with Crippen LogP contribution in [0.1, 0.15) is 13.8 Å². The molecule has 0 bridgehead atoms. The number of nitrogens with zero attached hydrogens (tertiary/aromatic N) is 1. The summed E-state index contributed by atoms with van der Waals surface area (Å²) in [5.74, 6) is 0.114. The fraction of sp³-hybridized carbons (Fsp3) is 0.429. The standard InChI is InChI=1S/C7H8BrNO/c1-4-3-6(8)9-5(2)7(4)10/h3,5H,1-2H3. The molecular weight excluding hydrogens is 194 g/mol. The third-order valence-electron chi connectivity index (χ3n) is 1.42. The van der Waals surface area contributed by atoms with E-state index >= 15 is 0 Å². The van der Waals surface area contributed by atoms with Crippen LogP contribution in [0.5, 0.6) is 0 Å². The zero-order valence-corrected chi connectivity index (χ0v) is 7.47. The van der Waals surface area contributed by atoms with Crippen molar-refractivity contribution in [2.45, 2.75) is 19.9 Å². The van der Waals surface area contributed by atoms with Gasteiger partial charge in [0, 0.05) is 0 Å². The molecule has 0 aromatic heterocycles. The Morgan fingerprint density at radius 2 is 2.30 bits per heavy atom. The summed E-state index contributed by atoms with van der Waals surface area (Å²) in [6.07, 6.45) is 1.74. The van der Waals surface area contributed by atoms with Crippen LogP contribution in [0.15, 0.2) is 16.6 Å². The van der Waals surface area contributed by atoms with Gasteiger partial charge >= 0.3 is 0 Å². The minimum Gasteiger partial charge on any atom is -0.292 e. The van der Waals surface area contributed by atoms with Crippen molar-refractivity contribution in [3.63, 3.8) is 0 Å². The number of rotatable bonds is 0. The quantitative estimate of drug-likeness (QED) is 0.587. The van der Waals surface area contributed by atoms with Crippen LogP contribution in [0, 0.1) is 0 Å². The summed E-state index contributed by atoms with van der Waals surface area (Å²) >= 11 is 3.22.